The Morgan fingerprint density at radius 3 is 3.00 bits per heavy atom. The van der Waals surface area contributed by atoms with Gasteiger partial charge in [0.2, 0.25) is 0 Å². The molecule has 0 unspecified atom stereocenters. The second-order valence-corrected chi connectivity index (χ2v) is 4.83. The number of anilines is 1. The molecule has 100 valence electrons. The van der Waals surface area contributed by atoms with Crippen molar-refractivity contribution in [1.82, 2.24) is 9.55 Å². The van der Waals surface area contributed by atoms with E-state index in [2.05, 4.69) is 20.9 Å². The summed E-state index contributed by atoms with van der Waals surface area (Å²) in [7, 11) is 0. The van der Waals surface area contributed by atoms with Gasteiger partial charge < -0.3 is 10.5 Å². The summed E-state index contributed by atoms with van der Waals surface area (Å²) in [5, 5.41) is 0. The Labute approximate surface area is 119 Å². The Morgan fingerprint density at radius 2 is 2.26 bits per heavy atom. The van der Waals surface area contributed by atoms with Crippen molar-refractivity contribution in [3.63, 3.8) is 0 Å². The molecular formula is C13H14BrN3O2. The molecule has 0 aliphatic carbocycles. The van der Waals surface area contributed by atoms with Crippen molar-refractivity contribution in [3.05, 3.63) is 51.1 Å². The third-order valence-electron chi connectivity index (χ3n) is 2.58. The molecule has 1 aromatic carbocycles. The average Bonchev–Trinajstić information content (AvgIpc) is 2.38. The first-order valence-corrected chi connectivity index (χ1v) is 6.62. The van der Waals surface area contributed by atoms with Gasteiger partial charge in [0.1, 0.15) is 10.2 Å². The molecule has 2 N–H and O–H groups in total. The maximum Gasteiger partial charge on any atom is 0.267 e. The molecule has 0 radical (unpaired) electrons. The maximum absolute atomic E-state index is 11.9. The van der Waals surface area contributed by atoms with E-state index in [-0.39, 0.29) is 5.56 Å². The minimum absolute atomic E-state index is 0.139. The largest absolute Gasteiger partial charge is 0.494 e. The summed E-state index contributed by atoms with van der Waals surface area (Å²) in [4.78, 5) is 15.9. The SMILES string of the molecule is CCOc1ccc(N)cc1Cn1cncc(Br)c1=O. The van der Waals surface area contributed by atoms with Crippen LogP contribution in [0.2, 0.25) is 0 Å². The predicted molar refractivity (Wildman–Crippen MR) is 77.3 cm³/mol. The lowest BCUT2D eigenvalue weighted by Crippen LogP contribution is -2.21. The number of nitrogens with two attached hydrogens (primary N) is 1. The lowest BCUT2D eigenvalue weighted by atomic mass is 10.1. The van der Waals surface area contributed by atoms with Crippen LogP contribution in [0.5, 0.6) is 5.75 Å². The monoisotopic (exact) mass is 323 g/mol. The lowest BCUT2D eigenvalue weighted by molar-refractivity contribution is 0.335. The number of rotatable bonds is 4. The van der Waals surface area contributed by atoms with Gasteiger partial charge in [-0.25, -0.2) is 4.98 Å². The highest BCUT2D eigenvalue weighted by Crippen LogP contribution is 2.22. The van der Waals surface area contributed by atoms with Crippen LogP contribution in [0.25, 0.3) is 0 Å². The molecule has 0 amide bonds. The Kier molecular flexibility index (Phi) is 4.21. The molecule has 1 heterocycles. The van der Waals surface area contributed by atoms with Crippen molar-refractivity contribution >= 4 is 21.6 Å². The standard InChI is InChI=1S/C13H14BrN3O2/c1-2-19-12-4-3-10(15)5-9(12)7-17-8-16-6-11(14)13(17)18/h3-6,8H,2,7,15H2,1H3. The first-order valence-electron chi connectivity index (χ1n) is 5.83. The van der Waals surface area contributed by atoms with Crippen LogP contribution >= 0.6 is 15.9 Å². The highest BCUT2D eigenvalue weighted by Gasteiger charge is 2.07. The van der Waals surface area contributed by atoms with Crippen LogP contribution in [0.15, 0.2) is 40.0 Å². The Morgan fingerprint density at radius 1 is 1.47 bits per heavy atom. The minimum atomic E-state index is -0.139. The second kappa shape index (κ2) is 5.88. The molecule has 2 aromatic rings. The van der Waals surface area contributed by atoms with Crippen LogP contribution in [0.4, 0.5) is 5.69 Å². The van der Waals surface area contributed by atoms with Gasteiger partial charge in [-0.2, -0.15) is 0 Å². The fourth-order valence-electron chi connectivity index (χ4n) is 1.74. The van der Waals surface area contributed by atoms with E-state index in [1.807, 2.05) is 13.0 Å². The maximum atomic E-state index is 11.9. The van der Waals surface area contributed by atoms with E-state index in [1.54, 1.807) is 12.1 Å². The molecule has 0 atom stereocenters. The Bertz CT molecular complexity index is 640. The molecular weight excluding hydrogens is 310 g/mol. The quantitative estimate of drug-likeness (QED) is 0.874. The average molecular weight is 324 g/mol. The van der Waals surface area contributed by atoms with Gasteiger partial charge >= 0.3 is 0 Å². The summed E-state index contributed by atoms with van der Waals surface area (Å²) >= 11 is 3.17. The van der Waals surface area contributed by atoms with Crippen LogP contribution in [0.1, 0.15) is 12.5 Å². The summed E-state index contributed by atoms with van der Waals surface area (Å²) in [5.41, 5.74) is 7.12. The van der Waals surface area contributed by atoms with E-state index < -0.39 is 0 Å². The minimum Gasteiger partial charge on any atom is -0.494 e. The van der Waals surface area contributed by atoms with Gasteiger partial charge in [0.05, 0.1) is 19.5 Å². The van der Waals surface area contributed by atoms with E-state index >= 15 is 0 Å². The van der Waals surface area contributed by atoms with Crippen molar-refractivity contribution in [1.29, 1.82) is 0 Å². The zero-order chi connectivity index (χ0) is 13.8. The fourth-order valence-corrected chi connectivity index (χ4v) is 2.09. The van der Waals surface area contributed by atoms with Crippen LogP contribution in [-0.2, 0) is 6.54 Å². The van der Waals surface area contributed by atoms with Crippen molar-refractivity contribution in [3.8, 4) is 5.75 Å². The number of aromatic nitrogens is 2. The van der Waals surface area contributed by atoms with Crippen molar-refractivity contribution in [2.24, 2.45) is 0 Å². The van der Waals surface area contributed by atoms with Gasteiger partial charge in [-0.15, -0.1) is 0 Å². The summed E-state index contributed by atoms with van der Waals surface area (Å²) in [6.07, 6.45) is 2.97. The molecule has 2 rings (SSSR count). The highest BCUT2D eigenvalue weighted by atomic mass is 79.9. The van der Waals surface area contributed by atoms with Crippen molar-refractivity contribution in [2.75, 3.05) is 12.3 Å². The van der Waals surface area contributed by atoms with Gasteiger partial charge in [-0.05, 0) is 41.1 Å². The van der Waals surface area contributed by atoms with E-state index in [4.69, 9.17) is 10.5 Å². The zero-order valence-electron chi connectivity index (χ0n) is 10.5. The molecule has 0 saturated heterocycles. The third kappa shape index (κ3) is 3.14. The molecule has 0 bridgehead atoms. The predicted octanol–water partition coefficient (Wildman–Crippen LogP) is 2.04. The van der Waals surface area contributed by atoms with Crippen molar-refractivity contribution < 1.29 is 4.74 Å². The summed E-state index contributed by atoms with van der Waals surface area (Å²) in [5.74, 6) is 0.726. The van der Waals surface area contributed by atoms with Crippen LogP contribution in [0.3, 0.4) is 0 Å². The molecule has 6 heteroatoms. The molecule has 0 spiro atoms. The van der Waals surface area contributed by atoms with Crippen molar-refractivity contribution in [2.45, 2.75) is 13.5 Å². The van der Waals surface area contributed by atoms with Gasteiger partial charge in [-0.1, -0.05) is 0 Å². The first-order chi connectivity index (χ1) is 9.11. The summed E-state index contributed by atoms with van der Waals surface area (Å²) in [6.45, 7) is 2.83. The van der Waals surface area contributed by atoms with E-state index in [0.29, 0.717) is 23.3 Å². The fraction of sp³-hybridized carbons (Fsp3) is 0.231. The summed E-state index contributed by atoms with van der Waals surface area (Å²) < 4.78 is 7.46. The number of nitrogens with zero attached hydrogens (tertiary/aromatic N) is 2. The third-order valence-corrected chi connectivity index (χ3v) is 3.13. The van der Waals surface area contributed by atoms with E-state index in [1.165, 1.54) is 17.1 Å². The smallest absolute Gasteiger partial charge is 0.267 e. The zero-order valence-corrected chi connectivity index (χ0v) is 12.1. The molecule has 0 saturated carbocycles. The van der Waals surface area contributed by atoms with Crippen LogP contribution in [-0.4, -0.2) is 16.2 Å². The van der Waals surface area contributed by atoms with E-state index in [9.17, 15) is 4.79 Å². The first kappa shape index (κ1) is 13.6. The Balaban J connectivity index is 2.39. The van der Waals surface area contributed by atoms with Gasteiger partial charge in [0.25, 0.3) is 5.56 Å². The summed E-state index contributed by atoms with van der Waals surface area (Å²) in [6, 6.07) is 5.39. The van der Waals surface area contributed by atoms with Gasteiger partial charge in [0, 0.05) is 17.4 Å². The topological polar surface area (TPSA) is 70.1 Å². The van der Waals surface area contributed by atoms with Gasteiger partial charge in [0.15, 0.2) is 0 Å². The number of nitrogen functional groups attached to an aromatic ring is 1. The second-order valence-electron chi connectivity index (χ2n) is 3.97. The number of benzene rings is 1. The van der Waals surface area contributed by atoms with Crippen LogP contribution < -0.4 is 16.0 Å². The molecule has 0 aliphatic heterocycles. The normalized spacial score (nSPS) is 10.4. The van der Waals surface area contributed by atoms with Gasteiger partial charge in [-0.3, -0.25) is 9.36 Å². The number of hydrogen-bond acceptors (Lipinski definition) is 4. The molecule has 1 aromatic heterocycles. The lowest BCUT2D eigenvalue weighted by Gasteiger charge is -2.12. The molecule has 5 nitrogen and oxygen atoms in total. The van der Waals surface area contributed by atoms with E-state index in [0.717, 1.165) is 11.3 Å². The highest BCUT2D eigenvalue weighted by molar-refractivity contribution is 9.10. The number of halogens is 1. The number of hydrogen-bond donors (Lipinski definition) is 1. The molecule has 0 aliphatic rings. The van der Waals surface area contributed by atoms with Crippen LogP contribution in [0, 0.1) is 0 Å². The Hall–Kier alpha value is -1.82. The molecule has 0 fully saturated rings. The molecule has 19 heavy (non-hydrogen) atoms. The number of ether oxygens (including phenoxy) is 1.